The number of benzene rings is 1. The van der Waals surface area contributed by atoms with Gasteiger partial charge in [0.05, 0.1) is 4.47 Å². The van der Waals surface area contributed by atoms with Crippen LogP contribution in [0.25, 0.3) is 0 Å². The first kappa shape index (κ1) is 14.8. The van der Waals surface area contributed by atoms with Crippen molar-refractivity contribution < 1.29 is 4.39 Å². The number of hydrogen-bond acceptors (Lipinski definition) is 2. The highest BCUT2D eigenvalue weighted by Gasteiger charge is 2.19. The molecule has 1 fully saturated rings. The van der Waals surface area contributed by atoms with Crippen molar-refractivity contribution in [3.8, 4) is 0 Å². The summed E-state index contributed by atoms with van der Waals surface area (Å²) in [5.74, 6) is 0.521. The highest BCUT2D eigenvalue weighted by atomic mass is 79.9. The third kappa shape index (κ3) is 4.46. The summed E-state index contributed by atoms with van der Waals surface area (Å²) in [6, 6.07) is 5.70. The molecule has 1 N–H and O–H groups in total. The maximum atomic E-state index is 13.4. The molecule has 4 heteroatoms. The lowest BCUT2D eigenvalue weighted by atomic mass is 10.0. The van der Waals surface area contributed by atoms with Crippen molar-refractivity contribution in [2.75, 3.05) is 25.0 Å². The highest BCUT2D eigenvalue weighted by Crippen LogP contribution is 2.22. The lowest BCUT2D eigenvalue weighted by Gasteiger charge is -2.33. The normalized spacial score (nSPS) is 17.9. The van der Waals surface area contributed by atoms with Crippen molar-refractivity contribution in [1.29, 1.82) is 0 Å². The van der Waals surface area contributed by atoms with E-state index in [0.717, 1.165) is 37.5 Å². The molecule has 106 valence electrons. The van der Waals surface area contributed by atoms with Crippen LogP contribution in [0.2, 0.25) is 0 Å². The average molecular weight is 329 g/mol. The molecule has 19 heavy (non-hydrogen) atoms. The van der Waals surface area contributed by atoms with Gasteiger partial charge in [0.2, 0.25) is 0 Å². The standard InChI is InChI=1S/C15H22BrFN2/c1-11(2)10-19-7-5-12(6-8-19)18-13-3-4-14(16)15(17)9-13/h3-4,9,11-12,18H,5-8,10H2,1-2H3. The molecular formula is C15H22BrFN2. The Morgan fingerprint density at radius 1 is 1.37 bits per heavy atom. The van der Waals surface area contributed by atoms with Gasteiger partial charge in [0, 0.05) is 31.4 Å². The number of halogens is 2. The fourth-order valence-corrected chi connectivity index (χ4v) is 2.84. The molecule has 0 aliphatic carbocycles. The third-order valence-corrected chi connectivity index (χ3v) is 4.14. The molecule has 0 bridgehead atoms. The minimum absolute atomic E-state index is 0.206. The monoisotopic (exact) mass is 328 g/mol. The maximum Gasteiger partial charge on any atom is 0.139 e. The zero-order chi connectivity index (χ0) is 13.8. The predicted octanol–water partition coefficient (Wildman–Crippen LogP) is 4.12. The quantitative estimate of drug-likeness (QED) is 0.894. The summed E-state index contributed by atoms with van der Waals surface area (Å²) in [5, 5.41) is 3.44. The van der Waals surface area contributed by atoms with E-state index in [2.05, 4.69) is 40.0 Å². The van der Waals surface area contributed by atoms with E-state index >= 15 is 0 Å². The number of nitrogens with zero attached hydrogens (tertiary/aromatic N) is 1. The van der Waals surface area contributed by atoms with Crippen molar-refractivity contribution >= 4 is 21.6 Å². The molecule has 2 nitrogen and oxygen atoms in total. The second-order valence-corrected chi connectivity index (χ2v) is 6.60. The maximum absolute atomic E-state index is 13.4. The SMILES string of the molecule is CC(C)CN1CCC(Nc2ccc(Br)c(F)c2)CC1. The minimum Gasteiger partial charge on any atom is -0.382 e. The van der Waals surface area contributed by atoms with Crippen molar-refractivity contribution in [3.05, 3.63) is 28.5 Å². The van der Waals surface area contributed by atoms with Crippen LogP contribution < -0.4 is 5.32 Å². The zero-order valence-corrected chi connectivity index (χ0v) is 13.2. The number of anilines is 1. The van der Waals surface area contributed by atoms with Crippen LogP contribution in [0.1, 0.15) is 26.7 Å². The summed E-state index contributed by atoms with van der Waals surface area (Å²) in [6.07, 6.45) is 2.26. The van der Waals surface area contributed by atoms with Gasteiger partial charge in [-0.05, 0) is 52.9 Å². The van der Waals surface area contributed by atoms with Crippen LogP contribution in [0.4, 0.5) is 10.1 Å². The number of piperidine rings is 1. The molecule has 0 saturated carbocycles. The molecule has 1 aliphatic rings. The van der Waals surface area contributed by atoms with E-state index in [1.165, 1.54) is 6.54 Å². The van der Waals surface area contributed by atoms with Crippen molar-refractivity contribution in [1.82, 2.24) is 4.90 Å². The largest absolute Gasteiger partial charge is 0.382 e. The van der Waals surface area contributed by atoms with Crippen molar-refractivity contribution in [2.45, 2.75) is 32.7 Å². The Hall–Kier alpha value is -0.610. The number of rotatable bonds is 4. The average Bonchev–Trinajstić information content (AvgIpc) is 2.36. The Morgan fingerprint density at radius 2 is 2.05 bits per heavy atom. The Kier molecular flexibility index (Phi) is 5.22. The molecule has 1 saturated heterocycles. The van der Waals surface area contributed by atoms with Gasteiger partial charge in [-0.1, -0.05) is 13.8 Å². The predicted molar refractivity (Wildman–Crippen MR) is 82.0 cm³/mol. The van der Waals surface area contributed by atoms with Gasteiger partial charge in [-0.15, -0.1) is 0 Å². The van der Waals surface area contributed by atoms with Gasteiger partial charge < -0.3 is 10.2 Å². The first-order valence-corrected chi connectivity index (χ1v) is 7.78. The van der Waals surface area contributed by atoms with Crippen LogP contribution in [-0.4, -0.2) is 30.6 Å². The molecule has 0 atom stereocenters. The van der Waals surface area contributed by atoms with Crippen LogP contribution in [0.3, 0.4) is 0 Å². The molecule has 0 spiro atoms. The van der Waals surface area contributed by atoms with E-state index < -0.39 is 0 Å². The third-order valence-electron chi connectivity index (χ3n) is 3.50. The second-order valence-electron chi connectivity index (χ2n) is 5.74. The van der Waals surface area contributed by atoms with Gasteiger partial charge >= 0.3 is 0 Å². The van der Waals surface area contributed by atoms with E-state index in [1.807, 2.05) is 6.07 Å². The summed E-state index contributed by atoms with van der Waals surface area (Å²) in [7, 11) is 0. The van der Waals surface area contributed by atoms with Crippen LogP contribution in [0, 0.1) is 11.7 Å². The molecule has 0 radical (unpaired) electrons. The van der Waals surface area contributed by atoms with E-state index in [0.29, 0.717) is 10.5 Å². The first-order valence-electron chi connectivity index (χ1n) is 6.98. The molecular weight excluding hydrogens is 307 g/mol. The van der Waals surface area contributed by atoms with Crippen molar-refractivity contribution in [3.63, 3.8) is 0 Å². The Balaban J connectivity index is 1.83. The topological polar surface area (TPSA) is 15.3 Å². The van der Waals surface area contributed by atoms with Crippen LogP contribution in [0.15, 0.2) is 22.7 Å². The summed E-state index contributed by atoms with van der Waals surface area (Å²) >= 11 is 3.18. The number of hydrogen-bond donors (Lipinski definition) is 1. The van der Waals surface area contributed by atoms with E-state index in [-0.39, 0.29) is 5.82 Å². The summed E-state index contributed by atoms with van der Waals surface area (Å²) in [5.41, 5.74) is 0.878. The van der Waals surface area contributed by atoms with Gasteiger partial charge in [0.1, 0.15) is 5.82 Å². The molecule has 1 heterocycles. The lowest BCUT2D eigenvalue weighted by molar-refractivity contribution is 0.198. The smallest absolute Gasteiger partial charge is 0.139 e. The van der Waals surface area contributed by atoms with Crippen LogP contribution in [-0.2, 0) is 0 Å². The second kappa shape index (κ2) is 6.71. The summed E-state index contributed by atoms with van der Waals surface area (Å²) in [4.78, 5) is 2.52. The minimum atomic E-state index is -0.206. The van der Waals surface area contributed by atoms with Gasteiger partial charge in [-0.25, -0.2) is 4.39 Å². The lowest BCUT2D eigenvalue weighted by Crippen LogP contribution is -2.40. The summed E-state index contributed by atoms with van der Waals surface area (Å²) < 4.78 is 14.0. The molecule has 0 amide bonds. The van der Waals surface area contributed by atoms with Gasteiger partial charge in [-0.3, -0.25) is 0 Å². The zero-order valence-electron chi connectivity index (χ0n) is 11.6. The Morgan fingerprint density at radius 3 is 2.63 bits per heavy atom. The summed E-state index contributed by atoms with van der Waals surface area (Å²) in [6.45, 7) is 7.97. The Bertz CT molecular complexity index is 415. The number of likely N-dealkylation sites (tertiary alicyclic amines) is 1. The van der Waals surface area contributed by atoms with E-state index in [1.54, 1.807) is 12.1 Å². The van der Waals surface area contributed by atoms with Gasteiger partial charge in [0.25, 0.3) is 0 Å². The molecule has 1 aliphatic heterocycles. The highest BCUT2D eigenvalue weighted by molar-refractivity contribution is 9.10. The van der Waals surface area contributed by atoms with Crippen LogP contribution in [0.5, 0.6) is 0 Å². The van der Waals surface area contributed by atoms with Crippen LogP contribution >= 0.6 is 15.9 Å². The fraction of sp³-hybridized carbons (Fsp3) is 0.600. The Labute approximate surface area is 123 Å². The molecule has 2 rings (SSSR count). The first-order chi connectivity index (χ1) is 9.04. The van der Waals surface area contributed by atoms with E-state index in [9.17, 15) is 4.39 Å². The number of nitrogens with one attached hydrogen (secondary N) is 1. The van der Waals surface area contributed by atoms with E-state index in [4.69, 9.17) is 0 Å². The fourth-order valence-electron chi connectivity index (χ4n) is 2.60. The van der Waals surface area contributed by atoms with Gasteiger partial charge in [0.15, 0.2) is 0 Å². The molecule has 0 unspecified atom stereocenters. The van der Waals surface area contributed by atoms with Gasteiger partial charge in [-0.2, -0.15) is 0 Å². The molecule has 1 aromatic rings. The van der Waals surface area contributed by atoms with Crippen molar-refractivity contribution in [2.24, 2.45) is 5.92 Å². The molecule has 1 aromatic carbocycles. The molecule has 0 aromatic heterocycles.